The third-order valence-corrected chi connectivity index (χ3v) is 3.42. The Balaban J connectivity index is 2.16. The summed E-state index contributed by atoms with van der Waals surface area (Å²) in [5, 5.41) is 14.0. The average Bonchev–Trinajstić information content (AvgIpc) is 2.96. The van der Waals surface area contributed by atoms with Crippen LogP contribution < -0.4 is 0 Å². The topological polar surface area (TPSA) is 55.1 Å². The minimum absolute atomic E-state index is 0.0731. The van der Waals surface area contributed by atoms with Crippen molar-refractivity contribution in [3.63, 3.8) is 0 Å². The number of phenolic OH excluding ortho intramolecular Hbond substituents is 1. The molecule has 1 aromatic heterocycles. The largest absolute Gasteiger partial charge is 0.507 e. The van der Waals surface area contributed by atoms with Gasteiger partial charge in [0.05, 0.1) is 11.6 Å². The molecule has 0 saturated heterocycles. The van der Waals surface area contributed by atoms with Crippen LogP contribution in [0, 0.1) is 5.82 Å². The summed E-state index contributed by atoms with van der Waals surface area (Å²) in [7, 11) is 0. The molecular weight excluding hydrogens is 235 g/mol. The minimum Gasteiger partial charge on any atom is -0.507 e. The van der Waals surface area contributed by atoms with E-state index in [0.29, 0.717) is 23.8 Å². The lowest BCUT2D eigenvalue weighted by Crippen LogP contribution is -2.08. The predicted molar refractivity (Wildman–Crippen MR) is 62.1 cm³/mol. The highest BCUT2D eigenvalue weighted by Gasteiger charge is 2.29. The molecule has 0 spiro atoms. The molecule has 1 heterocycles. The van der Waals surface area contributed by atoms with Crippen LogP contribution in [0.15, 0.2) is 24.5 Å². The number of carbonyl (C=O) groups is 1. The molecule has 0 amide bonds. The molecule has 1 aromatic carbocycles. The fourth-order valence-electron chi connectivity index (χ4n) is 2.56. The summed E-state index contributed by atoms with van der Waals surface area (Å²) in [4.78, 5) is 10.7. The molecule has 4 nitrogen and oxygen atoms in total. The Hall–Kier alpha value is -2.17. The minimum atomic E-state index is -0.680. The molecule has 0 saturated carbocycles. The second-order valence-electron chi connectivity index (χ2n) is 4.35. The number of hydrogen-bond donors (Lipinski definition) is 1. The molecular formula is C13H11FN2O2. The van der Waals surface area contributed by atoms with Crippen LogP contribution in [0.4, 0.5) is 4.39 Å². The maximum absolute atomic E-state index is 13.7. The number of nitrogens with zero attached hydrogens (tertiary/aromatic N) is 2. The van der Waals surface area contributed by atoms with Crippen LogP contribution in [-0.4, -0.2) is 21.2 Å². The molecule has 0 radical (unpaired) electrons. The van der Waals surface area contributed by atoms with E-state index in [9.17, 15) is 14.3 Å². The zero-order chi connectivity index (χ0) is 12.7. The summed E-state index contributed by atoms with van der Waals surface area (Å²) >= 11 is 0. The monoisotopic (exact) mass is 246 g/mol. The highest BCUT2D eigenvalue weighted by molar-refractivity contribution is 5.81. The van der Waals surface area contributed by atoms with Gasteiger partial charge in [-0.15, -0.1) is 0 Å². The van der Waals surface area contributed by atoms with Crippen LogP contribution in [0.3, 0.4) is 0 Å². The zero-order valence-electron chi connectivity index (χ0n) is 9.51. The lowest BCUT2D eigenvalue weighted by molar-refractivity contribution is 0.111. The number of halogens is 1. The SMILES string of the molecule is O=Cc1c(F)cc2c(c1O)CCC2n1cccn1. The van der Waals surface area contributed by atoms with Gasteiger partial charge in [0.1, 0.15) is 11.6 Å². The molecule has 0 fully saturated rings. The maximum atomic E-state index is 13.7. The van der Waals surface area contributed by atoms with E-state index in [-0.39, 0.29) is 17.4 Å². The van der Waals surface area contributed by atoms with Gasteiger partial charge >= 0.3 is 0 Å². The van der Waals surface area contributed by atoms with Crippen LogP contribution >= 0.6 is 0 Å². The number of carbonyl (C=O) groups excluding carboxylic acids is 1. The van der Waals surface area contributed by atoms with Crippen molar-refractivity contribution < 1.29 is 14.3 Å². The van der Waals surface area contributed by atoms with Gasteiger partial charge in [-0.1, -0.05) is 0 Å². The molecule has 1 aliphatic rings. The van der Waals surface area contributed by atoms with Crippen molar-refractivity contribution in [1.82, 2.24) is 9.78 Å². The van der Waals surface area contributed by atoms with Gasteiger partial charge in [-0.05, 0) is 30.5 Å². The quantitative estimate of drug-likeness (QED) is 0.825. The van der Waals surface area contributed by atoms with Gasteiger partial charge in [-0.3, -0.25) is 9.48 Å². The van der Waals surface area contributed by atoms with Crippen molar-refractivity contribution in [3.05, 3.63) is 47.0 Å². The smallest absolute Gasteiger partial charge is 0.156 e. The number of aldehydes is 1. The molecule has 18 heavy (non-hydrogen) atoms. The Kier molecular flexibility index (Phi) is 2.40. The molecule has 2 aromatic rings. The van der Waals surface area contributed by atoms with E-state index in [0.717, 1.165) is 6.42 Å². The van der Waals surface area contributed by atoms with E-state index >= 15 is 0 Å². The summed E-state index contributed by atoms with van der Waals surface area (Å²) < 4.78 is 15.4. The van der Waals surface area contributed by atoms with Crippen molar-refractivity contribution >= 4 is 6.29 Å². The van der Waals surface area contributed by atoms with Crippen molar-refractivity contribution in [2.45, 2.75) is 18.9 Å². The first-order valence-corrected chi connectivity index (χ1v) is 5.71. The Morgan fingerprint density at radius 1 is 1.56 bits per heavy atom. The zero-order valence-corrected chi connectivity index (χ0v) is 9.51. The van der Waals surface area contributed by atoms with E-state index in [1.807, 2.05) is 6.20 Å². The van der Waals surface area contributed by atoms with Crippen molar-refractivity contribution in [3.8, 4) is 5.75 Å². The number of aromatic hydroxyl groups is 1. The molecule has 1 unspecified atom stereocenters. The van der Waals surface area contributed by atoms with E-state index in [2.05, 4.69) is 5.10 Å². The third-order valence-electron chi connectivity index (χ3n) is 3.42. The standard InChI is InChI=1S/C13H11FN2O2/c14-11-6-9-8(13(18)10(11)7-17)2-3-12(9)16-5-1-4-15-16/h1,4-7,12,18H,2-3H2. The Labute approximate surface area is 103 Å². The van der Waals surface area contributed by atoms with Gasteiger partial charge in [0.15, 0.2) is 6.29 Å². The molecule has 1 aliphatic carbocycles. The first kappa shape index (κ1) is 11.0. The molecule has 0 bridgehead atoms. The number of aromatic nitrogens is 2. The van der Waals surface area contributed by atoms with E-state index in [1.54, 1.807) is 16.9 Å². The average molecular weight is 246 g/mol. The highest BCUT2D eigenvalue weighted by atomic mass is 19.1. The van der Waals surface area contributed by atoms with E-state index in [4.69, 9.17) is 0 Å². The number of fused-ring (bicyclic) bond motifs is 1. The predicted octanol–water partition coefficient (Wildman–Crippen LogP) is 2.08. The lowest BCUT2D eigenvalue weighted by Gasteiger charge is -2.13. The second kappa shape index (κ2) is 3.94. The van der Waals surface area contributed by atoms with Crippen molar-refractivity contribution in [1.29, 1.82) is 0 Å². The van der Waals surface area contributed by atoms with Crippen LogP contribution in [0.25, 0.3) is 0 Å². The summed E-state index contributed by atoms with van der Waals surface area (Å²) in [5.41, 5.74) is 1.10. The van der Waals surface area contributed by atoms with Crippen LogP contribution in [0.2, 0.25) is 0 Å². The van der Waals surface area contributed by atoms with Gasteiger partial charge in [-0.25, -0.2) is 4.39 Å². The lowest BCUT2D eigenvalue weighted by atomic mass is 10.0. The summed E-state index contributed by atoms with van der Waals surface area (Å²) in [5.74, 6) is -0.907. The Morgan fingerprint density at radius 3 is 3.06 bits per heavy atom. The summed E-state index contributed by atoms with van der Waals surface area (Å²) in [6.45, 7) is 0. The maximum Gasteiger partial charge on any atom is 0.156 e. The molecule has 3 rings (SSSR count). The first-order chi connectivity index (χ1) is 8.72. The van der Waals surface area contributed by atoms with E-state index in [1.165, 1.54) is 6.07 Å². The van der Waals surface area contributed by atoms with Crippen LogP contribution in [0.5, 0.6) is 5.75 Å². The molecule has 92 valence electrons. The molecule has 5 heteroatoms. The fraction of sp³-hybridized carbons (Fsp3) is 0.231. The highest BCUT2D eigenvalue weighted by Crippen LogP contribution is 2.40. The molecule has 1 N–H and O–H groups in total. The van der Waals surface area contributed by atoms with Gasteiger partial charge in [0.2, 0.25) is 0 Å². The number of hydrogen-bond acceptors (Lipinski definition) is 3. The fourth-order valence-corrected chi connectivity index (χ4v) is 2.56. The van der Waals surface area contributed by atoms with Gasteiger partial charge in [-0.2, -0.15) is 5.10 Å². The summed E-state index contributed by atoms with van der Waals surface area (Å²) in [6.07, 6.45) is 5.18. The molecule has 0 aliphatic heterocycles. The number of benzene rings is 1. The van der Waals surface area contributed by atoms with Crippen molar-refractivity contribution in [2.24, 2.45) is 0 Å². The first-order valence-electron chi connectivity index (χ1n) is 5.71. The molecule has 1 atom stereocenters. The van der Waals surface area contributed by atoms with E-state index < -0.39 is 5.82 Å². The Bertz CT molecular complexity index is 608. The van der Waals surface area contributed by atoms with Crippen LogP contribution in [-0.2, 0) is 6.42 Å². The van der Waals surface area contributed by atoms with Gasteiger partial charge in [0.25, 0.3) is 0 Å². The van der Waals surface area contributed by atoms with Gasteiger partial charge in [0, 0.05) is 18.0 Å². The van der Waals surface area contributed by atoms with Crippen LogP contribution in [0.1, 0.15) is 33.9 Å². The Morgan fingerprint density at radius 2 is 2.39 bits per heavy atom. The number of phenols is 1. The summed E-state index contributed by atoms with van der Waals surface area (Å²) in [6, 6.07) is 3.06. The van der Waals surface area contributed by atoms with Gasteiger partial charge < -0.3 is 5.11 Å². The second-order valence-corrected chi connectivity index (χ2v) is 4.35. The van der Waals surface area contributed by atoms with Crippen molar-refractivity contribution in [2.75, 3.05) is 0 Å². The number of rotatable bonds is 2. The third kappa shape index (κ3) is 1.44. The normalized spacial score (nSPS) is 17.7.